The van der Waals surface area contributed by atoms with Crippen LogP contribution in [0.3, 0.4) is 0 Å². The zero-order valence-electron chi connectivity index (χ0n) is 13.0. The van der Waals surface area contributed by atoms with Crippen molar-refractivity contribution in [3.8, 4) is 0 Å². The normalized spacial score (nSPS) is 20.4. The van der Waals surface area contributed by atoms with Crippen LogP contribution in [0.1, 0.15) is 49.6 Å². The Morgan fingerprint density at radius 2 is 2.18 bits per heavy atom. The van der Waals surface area contributed by atoms with Crippen LogP contribution in [0.5, 0.6) is 0 Å². The number of aliphatic hydroxyl groups excluding tert-OH is 1. The molecule has 22 heavy (non-hydrogen) atoms. The van der Waals surface area contributed by atoms with Crippen molar-refractivity contribution in [1.82, 2.24) is 15.0 Å². The molecule has 0 aliphatic carbocycles. The molecule has 2 heterocycles. The van der Waals surface area contributed by atoms with Gasteiger partial charge in [-0.05, 0) is 31.4 Å². The number of likely N-dealkylation sites (tertiary alicyclic amines) is 1. The Hall–Kier alpha value is -1.72. The fourth-order valence-electron chi connectivity index (χ4n) is 3.12. The lowest BCUT2D eigenvalue weighted by molar-refractivity contribution is 0.116. The third-order valence-electron chi connectivity index (χ3n) is 4.34. The molecule has 2 aromatic rings. The minimum atomic E-state index is -0.414. The first-order valence-electron chi connectivity index (χ1n) is 8.04. The number of hydrogen-bond donors (Lipinski definition) is 1. The molecule has 118 valence electrons. The molecule has 2 atom stereocenters. The predicted octanol–water partition coefficient (Wildman–Crippen LogP) is 2.72. The van der Waals surface area contributed by atoms with Gasteiger partial charge in [-0.2, -0.15) is 4.98 Å². The number of benzene rings is 1. The lowest BCUT2D eigenvalue weighted by Crippen LogP contribution is -2.30. The van der Waals surface area contributed by atoms with E-state index in [0.29, 0.717) is 18.5 Å². The van der Waals surface area contributed by atoms with Gasteiger partial charge in [0.2, 0.25) is 5.89 Å². The molecule has 1 fully saturated rings. The maximum Gasteiger partial charge on any atom is 0.226 e. The van der Waals surface area contributed by atoms with Crippen molar-refractivity contribution in [3.05, 3.63) is 47.6 Å². The van der Waals surface area contributed by atoms with Crippen LogP contribution in [0.25, 0.3) is 0 Å². The lowest BCUT2D eigenvalue weighted by atomic mass is 10.0. The molecule has 0 spiro atoms. The molecule has 1 aliphatic heterocycles. The molecule has 0 saturated carbocycles. The van der Waals surface area contributed by atoms with Gasteiger partial charge in [-0.25, -0.2) is 0 Å². The van der Waals surface area contributed by atoms with Crippen molar-refractivity contribution in [2.75, 3.05) is 6.54 Å². The minimum Gasteiger partial charge on any atom is -0.388 e. The summed E-state index contributed by atoms with van der Waals surface area (Å²) in [5.41, 5.74) is 0.988. The largest absolute Gasteiger partial charge is 0.388 e. The third-order valence-corrected chi connectivity index (χ3v) is 4.34. The Morgan fingerprint density at radius 1 is 1.36 bits per heavy atom. The van der Waals surface area contributed by atoms with Crippen molar-refractivity contribution < 1.29 is 9.63 Å². The summed E-state index contributed by atoms with van der Waals surface area (Å²) in [6, 6.07) is 10.2. The Kier molecular flexibility index (Phi) is 4.85. The number of aryl methyl sites for hydroxylation is 1. The fraction of sp³-hybridized carbons (Fsp3) is 0.529. The summed E-state index contributed by atoms with van der Waals surface area (Å²) in [7, 11) is 0. The minimum absolute atomic E-state index is 0.374. The molecule has 3 rings (SSSR count). The van der Waals surface area contributed by atoms with Crippen molar-refractivity contribution in [2.24, 2.45) is 0 Å². The van der Waals surface area contributed by atoms with E-state index in [9.17, 15) is 5.11 Å². The molecule has 5 heteroatoms. The Morgan fingerprint density at radius 3 is 2.91 bits per heavy atom. The first-order valence-corrected chi connectivity index (χ1v) is 8.04. The Bertz CT molecular complexity index is 585. The van der Waals surface area contributed by atoms with E-state index in [1.165, 1.54) is 0 Å². The van der Waals surface area contributed by atoms with Crippen LogP contribution in [-0.4, -0.2) is 32.7 Å². The van der Waals surface area contributed by atoms with E-state index in [4.69, 9.17) is 4.52 Å². The van der Waals surface area contributed by atoms with Crippen molar-refractivity contribution in [3.63, 3.8) is 0 Å². The summed E-state index contributed by atoms with van der Waals surface area (Å²) in [5.74, 6) is 1.44. The second-order valence-electron chi connectivity index (χ2n) is 5.89. The smallest absolute Gasteiger partial charge is 0.226 e. The van der Waals surface area contributed by atoms with Crippen LogP contribution < -0.4 is 0 Å². The molecule has 1 aromatic heterocycles. The van der Waals surface area contributed by atoms with Gasteiger partial charge in [0.25, 0.3) is 0 Å². The summed E-state index contributed by atoms with van der Waals surface area (Å²) < 4.78 is 5.17. The van der Waals surface area contributed by atoms with Crippen molar-refractivity contribution in [2.45, 2.75) is 51.3 Å². The predicted molar refractivity (Wildman–Crippen MR) is 83.1 cm³/mol. The lowest BCUT2D eigenvalue weighted by Gasteiger charge is -2.25. The second kappa shape index (κ2) is 7.03. The summed E-state index contributed by atoms with van der Waals surface area (Å²) in [4.78, 5) is 6.74. The standard InChI is InChI=1S/C17H23N3O2/c1-2-17-18-16(19-22-17)12-20-10-6-9-14(20)11-15(21)13-7-4-3-5-8-13/h3-5,7-8,14-15,21H,2,6,9-12H2,1H3/t14-,15-/m0/s1. The van der Waals surface area contributed by atoms with Crippen LogP contribution in [0, 0.1) is 0 Å². The highest BCUT2D eigenvalue weighted by Crippen LogP contribution is 2.28. The maximum absolute atomic E-state index is 10.4. The molecule has 1 aliphatic rings. The van der Waals surface area contributed by atoms with Crippen molar-refractivity contribution in [1.29, 1.82) is 0 Å². The van der Waals surface area contributed by atoms with E-state index in [0.717, 1.165) is 43.6 Å². The molecule has 1 aromatic carbocycles. The molecule has 0 radical (unpaired) electrons. The summed E-state index contributed by atoms with van der Waals surface area (Å²) >= 11 is 0. The highest BCUT2D eigenvalue weighted by molar-refractivity contribution is 5.17. The van der Waals surface area contributed by atoms with Gasteiger partial charge in [-0.1, -0.05) is 42.4 Å². The van der Waals surface area contributed by atoms with E-state index < -0.39 is 6.10 Å². The molecular weight excluding hydrogens is 278 g/mol. The average Bonchev–Trinajstić information content (AvgIpc) is 3.18. The molecule has 5 nitrogen and oxygen atoms in total. The SMILES string of the molecule is CCc1nc(CN2CCC[C@H]2C[C@H](O)c2ccccc2)no1. The van der Waals surface area contributed by atoms with Gasteiger partial charge in [0.1, 0.15) is 0 Å². The van der Waals surface area contributed by atoms with Crippen LogP contribution in [0.2, 0.25) is 0 Å². The van der Waals surface area contributed by atoms with Crippen LogP contribution in [-0.2, 0) is 13.0 Å². The number of aromatic nitrogens is 2. The van der Waals surface area contributed by atoms with Gasteiger partial charge in [-0.3, -0.25) is 4.90 Å². The molecule has 1 saturated heterocycles. The van der Waals surface area contributed by atoms with Gasteiger partial charge in [0.15, 0.2) is 5.82 Å². The topological polar surface area (TPSA) is 62.4 Å². The van der Waals surface area contributed by atoms with E-state index in [1.807, 2.05) is 37.3 Å². The second-order valence-corrected chi connectivity index (χ2v) is 5.89. The van der Waals surface area contributed by atoms with Gasteiger partial charge >= 0.3 is 0 Å². The summed E-state index contributed by atoms with van der Waals surface area (Å²) in [6.45, 7) is 3.74. The summed E-state index contributed by atoms with van der Waals surface area (Å²) in [6.07, 6.45) is 3.38. The average molecular weight is 301 g/mol. The van der Waals surface area contributed by atoms with E-state index in [2.05, 4.69) is 15.0 Å². The number of hydrogen-bond acceptors (Lipinski definition) is 5. The molecule has 0 amide bonds. The number of aliphatic hydroxyl groups is 1. The van der Waals surface area contributed by atoms with Crippen molar-refractivity contribution >= 4 is 0 Å². The highest BCUT2D eigenvalue weighted by atomic mass is 16.5. The highest BCUT2D eigenvalue weighted by Gasteiger charge is 2.28. The first kappa shape index (κ1) is 15.2. The zero-order valence-corrected chi connectivity index (χ0v) is 13.0. The van der Waals surface area contributed by atoms with Gasteiger partial charge in [0, 0.05) is 12.5 Å². The van der Waals surface area contributed by atoms with Crippen LogP contribution in [0.15, 0.2) is 34.9 Å². The van der Waals surface area contributed by atoms with Crippen LogP contribution >= 0.6 is 0 Å². The molecule has 0 unspecified atom stereocenters. The summed E-state index contributed by atoms with van der Waals surface area (Å²) in [5, 5.41) is 14.5. The Balaban J connectivity index is 1.60. The third kappa shape index (κ3) is 3.54. The van der Waals surface area contributed by atoms with E-state index >= 15 is 0 Å². The monoisotopic (exact) mass is 301 g/mol. The first-order chi connectivity index (χ1) is 10.8. The quantitative estimate of drug-likeness (QED) is 0.889. The maximum atomic E-state index is 10.4. The number of rotatable bonds is 6. The van der Waals surface area contributed by atoms with E-state index in [1.54, 1.807) is 0 Å². The van der Waals surface area contributed by atoms with Gasteiger partial charge < -0.3 is 9.63 Å². The molecule has 0 bridgehead atoms. The van der Waals surface area contributed by atoms with E-state index in [-0.39, 0.29) is 0 Å². The fourth-order valence-corrected chi connectivity index (χ4v) is 3.12. The van der Waals surface area contributed by atoms with Gasteiger partial charge in [0.05, 0.1) is 12.6 Å². The Labute approximate surface area is 131 Å². The zero-order chi connectivity index (χ0) is 15.4. The van der Waals surface area contributed by atoms with Crippen LogP contribution in [0.4, 0.5) is 0 Å². The molecular formula is C17H23N3O2. The van der Waals surface area contributed by atoms with Gasteiger partial charge in [-0.15, -0.1) is 0 Å². The molecule has 1 N–H and O–H groups in total. The number of nitrogens with zero attached hydrogens (tertiary/aromatic N) is 3.